The van der Waals surface area contributed by atoms with Crippen LogP contribution < -0.4 is 5.32 Å². The molecule has 3 heterocycles. The minimum atomic E-state index is -0.120. The molecule has 4 rings (SSSR count). The van der Waals surface area contributed by atoms with Crippen molar-refractivity contribution >= 4 is 17.7 Å². The number of benzene rings is 1. The van der Waals surface area contributed by atoms with Gasteiger partial charge in [0.05, 0.1) is 23.7 Å². The second-order valence-electron chi connectivity index (χ2n) is 6.54. The quantitative estimate of drug-likeness (QED) is 0.434. The second kappa shape index (κ2) is 8.95. The van der Waals surface area contributed by atoms with Crippen LogP contribution in [-0.4, -0.2) is 41.2 Å². The number of amides is 1. The number of aromatic nitrogens is 6. The predicted octanol–water partition coefficient (Wildman–Crippen LogP) is 3.11. The SMILES string of the molecule is CCn1c(SCC(=O)N[C@H](C)c2ccc(-n3cncn3)cc2)nnc1-c1ccco1. The van der Waals surface area contributed by atoms with E-state index in [4.69, 9.17) is 4.42 Å². The highest BCUT2D eigenvalue weighted by Gasteiger charge is 2.17. The Morgan fingerprint density at radius 3 is 2.73 bits per heavy atom. The van der Waals surface area contributed by atoms with E-state index < -0.39 is 0 Å². The molecule has 4 aromatic rings. The van der Waals surface area contributed by atoms with E-state index in [2.05, 4.69) is 25.6 Å². The van der Waals surface area contributed by atoms with Gasteiger partial charge in [-0.15, -0.1) is 10.2 Å². The topological polar surface area (TPSA) is 104 Å². The first kappa shape index (κ1) is 19.9. The molecule has 0 fully saturated rings. The van der Waals surface area contributed by atoms with Crippen molar-refractivity contribution in [1.82, 2.24) is 34.8 Å². The van der Waals surface area contributed by atoms with Gasteiger partial charge < -0.3 is 9.73 Å². The average molecular weight is 424 g/mol. The molecule has 3 aromatic heterocycles. The van der Waals surface area contributed by atoms with Crippen molar-refractivity contribution in [3.05, 3.63) is 60.9 Å². The highest BCUT2D eigenvalue weighted by molar-refractivity contribution is 7.99. The molecular formula is C20H21N7O2S. The van der Waals surface area contributed by atoms with Crippen LogP contribution in [0.5, 0.6) is 0 Å². The Morgan fingerprint density at radius 2 is 2.07 bits per heavy atom. The van der Waals surface area contributed by atoms with Crippen LogP contribution in [0.25, 0.3) is 17.3 Å². The number of nitrogens with zero attached hydrogens (tertiary/aromatic N) is 6. The maximum Gasteiger partial charge on any atom is 0.230 e. The highest BCUT2D eigenvalue weighted by atomic mass is 32.2. The summed E-state index contributed by atoms with van der Waals surface area (Å²) < 4.78 is 9.03. The molecule has 0 unspecified atom stereocenters. The fraction of sp³-hybridized carbons (Fsp3) is 0.250. The summed E-state index contributed by atoms with van der Waals surface area (Å²) >= 11 is 1.35. The first-order valence-electron chi connectivity index (χ1n) is 9.50. The van der Waals surface area contributed by atoms with E-state index in [1.807, 2.05) is 54.8 Å². The van der Waals surface area contributed by atoms with Gasteiger partial charge in [-0.1, -0.05) is 23.9 Å². The molecule has 1 aromatic carbocycles. The summed E-state index contributed by atoms with van der Waals surface area (Å²) in [6, 6.07) is 11.4. The molecule has 10 heteroatoms. The maximum absolute atomic E-state index is 12.5. The van der Waals surface area contributed by atoms with Gasteiger partial charge in [-0.25, -0.2) is 9.67 Å². The summed E-state index contributed by atoms with van der Waals surface area (Å²) in [5.74, 6) is 1.49. The van der Waals surface area contributed by atoms with Gasteiger partial charge in [-0.2, -0.15) is 5.10 Å². The minimum Gasteiger partial charge on any atom is -0.461 e. The molecule has 0 aliphatic heterocycles. The molecule has 9 nitrogen and oxygen atoms in total. The van der Waals surface area contributed by atoms with Gasteiger partial charge >= 0.3 is 0 Å². The third-order valence-corrected chi connectivity index (χ3v) is 5.53. The standard InChI is InChI=1S/C20H21N7O2S/c1-3-26-19(17-5-4-10-29-17)24-25-20(26)30-11-18(28)23-14(2)15-6-8-16(9-7-15)27-13-21-12-22-27/h4-10,12-14H,3,11H2,1-2H3,(H,23,28)/t14-/m1/s1. The molecule has 0 saturated heterocycles. The lowest BCUT2D eigenvalue weighted by atomic mass is 10.1. The second-order valence-corrected chi connectivity index (χ2v) is 7.48. The summed E-state index contributed by atoms with van der Waals surface area (Å²) in [7, 11) is 0. The summed E-state index contributed by atoms with van der Waals surface area (Å²) in [5, 5.41) is 16.2. The molecule has 30 heavy (non-hydrogen) atoms. The fourth-order valence-electron chi connectivity index (χ4n) is 3.02. The van der Waals surface area contributed by atoms with Gasteiger partial charge in [0.1, 0.15) is 12.7 Å². The molecule has 1 atom stereocenters. The lowest BCUT2D eigenvalue weighted by Gasteiger charge is -2.15. The zero-order chi connectivity index (χ0) is 20.9. The van der Waals surface area contributed by atoms with Crippen LogP contribution in [0.15, 0.2) is 64.9 Å². The van der Waals surface area contributed by atoms with E-state index in [0.717, 1.165) is 11.3 Å². The average Bonchev–Trinajstić information content (AvgIpc) is 3.53. The van der Waals surface area contributed by atoms with Crippen LogP contribution in [0.3, 0.4) is 0 Å². The number of furan rings is 1. The van der Waals surface area contributed by atoms with Crippen molar-refractivity contribution < 1.29 is 9.21 Å². The largest absolute Gasteiger partial charge is 0.461 e. The monoisotopic (exact) mass is 423 g/mol. The van der Waals surface area contributed by atoms with Crippen LogP contribution in [-0.2, 0) is 11.3 Å². The fourth-order valence-corrected chi connectivity index (χ4v) is 3.84. The molecule has 0 radical (unpaired) electrons. The number of thioether (sulfide) groups is 1. The normalized spacial score (nSPS) is 12.1. The summed E-state index contributed by atoms with van der Waals surface area (Å²) in [6.07, 6.45) is 4.74. The molecule has 1 amide bonds. The number of carbonyl (C=O) groups excluding carboxylic acids is 1. The molecule has 0 bridgehead atoms. The Balaban J connectivity index is 1.35. The Bertz CT molecular complexity index is 1090. The summed E-state index contributed by atoms with van der Waals surface area (Å²) in [4.78, 5) is 16.4. The summed E-state index contributed by atoms with van der Waals surface area (Å²) in [6.45, 7) is 4.64. The van der Waals surface area contributed by atoms with Gasteiger partial charge in [0.2, 0.25) is 5.91 Å². The first-order chi connectivity index (χ1) is 14.7. The highest BCUT2D eigenvalue weighted by Crippen LogP contribution is 2.24. The van der Waals surface area contributed by atoms with E-state index in [1.165, 1.54) is 18.1 Å². The van der Waals surface area contributed by atoms with E-state index in [9.17, 15) is 4.79 Å². The molecule has 0 aliphatic rings. The number of carbonyl (C=O) groups is 1. The van der Waals surface area contributed by atoms with Crippen molar-refractivity contribution in [2.75, 3.05) is 5.75 Å². The van der Waals surface area contributed by atoms with Gasteiger partial charge in [-0.3, -0.25) is 9.36 Å². The lowest BCUT2D eigenvalue weighted by Crippen LogP contribution is -2.28. The maximum atomic E-state index is 12.5. The van der Waals surface area contributed by atoms with E-state index in [1.54, 1.807) is 17.3 Å². The Morgan fingerprint density at radius 1 is 1.23 bits per heavy atom. The van der Waals surface area contributed by atoms with Crippen LogP contribution in [0.1, 0.15) is 25.5 Å². The Labute approximate surface area is 177 Å². The van der Waals surface area contributed by atoms with Gasteiger partial charge in [0.25, 0.3) is 0 Å². The van der Waals surface area contributed by atoms with Crippen LogP contribution in [0.2, 0.25) is 0 Å². The van der Waals surface area contributed by atoms with Crippen molar-refractivity contribution in [2.45, 2.75) is 31.6 Å². The lowest BCUT2D eigenvalue weighted by molar-refractivity contribution is -0.119. The zero-order valence-electron chi connectivity index (χ0n) is 16.6. The molecule has 0 saturated carbocycles. The van der Waals surface area contributed by atoms with Crippen LogP contribution in [0.4, 0.5) is 0 Å². The third kappa shape index (κ3) is 4.28. The van der Waals surface area contributed by atoms with Gasteiger partial charge in [0, 0.05) is 6.54 Å². The molecular weight excluding hydrogens is 402 g/mol. The van der Waals surface area contributed by atoms with Crippen molar-refractivity contribution in [3.8, 4) is 17.3 Å². The molecule has 0 aliphatic carbocycles. The van der Waals surface area contributed by atoms with Crippen molar-refractivity contribution in [1.29, 1.82) is 0 Å². The minimum absolute atomic E-state index is 0.0712. The zero-order valence-corrected chi connectivity index (χ0v) is 17.4. The number of rotatable bonds is 8. The third-order valence-electron chi connectivity index (χ3n) is 4.56. The first-order valence-corrected chi connectivity index (χ1v) is 10.5. The predicted molar refractivity (Wildman–Crippen MR) is 112 cm³/mol. The van der Waals surface area contributed by atoms with Crippen LogP contribution in [0, 0.1) is 0 Å². The Kier molecular flexibility index (Phi) is 5.94. The number of hydrogen-bond donors (Lipinski definition) is 1. The number of hydrogen-bond acceptors (Lipinski definition) is 7. The smallest absolute Gasteiger partial charge is 0.230 e. The Hall–Kier alpha value is -3.40. The van der Waals surface area contributed by atoms with Gasteiger partial charge in [-0.05, 0) is 43.7 Å². The molecule has 1 N–H and O–H groups in total. The van der Waals surface area contributed by atoms with E-state index in [-0.39, 0.29) is 17.7 Å². The molecule has 0 spiro atoms. The van der Waals surface area contributed by atoms with Crippen LogP contribution >= 0.6 is 11.8 Å². The molecule has 154 valence electrons. The van der Waals surface area contributed by atoms with Gasteiger partial charge in [0.15, 0.2) is 16.7 Å². The summed E-state index contributed by atoms with van der Waals surface area (Å²) in [5.41, 5.74) is 1.92. The van der Waals surface area contributed by atoms with Crippen molar-refractivity contribution in [2.24, 2.45) is 0 Å². The van der Waals surface area contributed by atoms with E-state index >= 15 is 0 Å². The van der Waals surface area contributed by atoms with Crippen molar-refractivity contribution in [3.63, 3.8) is 0 Å². The van der Waals surface area contributed by atoms with E-state index in [0.29, 0.717) is 23.3 Å². The number of nitrogens with one attached hydrogen (secondary N) is 1.